The molecule has 0 aromatic rings. The lowest BCUT2D eigenvalue weighted by Gasteiger charge is -2.25. The molecule has 0 amide bonds. The van der Waals surface area contributed by atoms with Gasteiger partial charge in [-0.2, -0.15) is 0 Å². The standard InChI is InChI=1S/C11H20FN/c1-11(2,13)10(12)9-7-5-3-4-6-8-9/h7,10H,3-6,8,13H2,1-2H3. The lowest BCUT2D eigenvalue weighted by Crippen LogP contribution is -2.43. The van der Waals surface area contributed by atoms with Gasteiger partial charge in [-0.3, -0.25) is 0 Å². The van der Waals surface area contributed by atoms with Gasteiger partial charge in [0.1, 0.15) is 6.17 Å². The molecule has 76 valence electrons. The van der Waals surface area contributed by atoms with Crippen LogP contribution in [-0.4, -0.2) is 11.7 Å². The van der Waals surface area contributed by atoms with Gasteiger partial charge in [0.25, 0.3) is 0 Å². The Morgan fingerprint density at radius 3 is 2.69 bits per heavy atom. The molecule has 0 aliphatic heterocycles. The SMILES string of the molecule is CC(C)(N)C(F)C1=CCCCCC1. The zero-order valence-corrected chi connectivity index (χ0v) is 8.65. The van der Waals surface area contributed by atoms with Crippen LogP contribution in [0, 0.1) is 0 Å². The molecule has 1 aliphatic carbocycles. The summed E-state index contributed by atoms with van der Waals surface area (Å²) in [6, 6.07) is 0. The van der Waals surface area contributed by atoms with Gasteiger partial charge in [-0.1, -0.05) is 12.5 Å². The quantitative estimate of drug-likeness (QED) is 0.658. The molecule has 0 aromatic carbocycles. The summed E-state index contributed by atoms with van der Waals surface area (Å²) in [7, 11) is 0. The maximum Gasteiger partial charge on any atom is 0.138 e. The molecule has 2 N–H and O–H groups in total. The number of allylic oxidation sites excluding steroid dienone is 1. The van der Waals surface area contributed by atoms with Crippen molar-refractivity contribution in [2.45, 2.75) is 57.7 Å². The minimum absolute atomic E-state index is 0.726. The minimum atomic E-state index is -0.967. The molecule has 1 rings (SSSR count). The van der Waals surface area contributed by atoms with Gasteiger partial charge in [-0.15, -0.1) is 0 Å². The Hall–Kier alpha value is -0.370. The summed E-state index contributed by atoms with van der Waals surface area (Å²) in [6.45, 7) is 3.51. The Balaban J connectivity index is 2.63. The Bertz CT molecular complexity index is 191. The second-order valence-corrected chi connectivity index (χ2v) is 4.56. The van der Waals surface area contributed by atoms with Gasteiger partial charge in [-0.05, 0) is 45.1 Å². The van der Waals surface area contributed by atoms with E-state index in [1.165, 1.54) is 12.8 Å². The molecule has 0 radical (unpaired) electrons. The fourth-order valence-electron chi connectivity index (χ4n) is 1.75. The van der Waals surface area contributed by atoms with E-state index in [9.17, 15) is 4.39 Å². The normalized spacial score (nSPS) is 22.0. The summed E-state index contributed by atoms with van der Waals surface area (Å²) < 4.78 is 13.8. The second kappa shape index (κ2) is 4.23. The molecule has 1 nitrogen and oxygen atoms in total. The highest BCUT2D eigenvalue weighted by Crippen LogP contribution is 2.26. The Kier molecular flexibility index (Phi) is 3.48. The van der Waals surface area contributed by atoms with E-state index in [0.29, 0.717) is 0 Å². The van der Waals surface area contributed by atoms with E-state index in [4.69, 9.17) is 5.73 Å². The van der Waals surface area contributed by atoms with E-state index in [-0.39, 0.29) is 0 Å². The van der Waals surface area contributed by atoms with Crippen LogP contribution < -0.4 is 5.73 Å². The van der Waals surface area contributed by atoms with E-state index < -0.39 is 11.7 Å². The predicted octanol–water partition coefficient (Wildman–Crippen LogP) is 2.95. The van der Waals surface area contributed by atoms with Crippen LogP contribution in [0.3, 0.4) is 0 Å². The second-order valence-electron chi connectivity index (χ2n) is 4.56. The molecular weight excluding hydrogens is 165 g/mol. The molecule has 1 unspecified atom stereocenters. The average molecular weight is 185 g/mol. The first-order valence-electron chi connectivity index (χ1n) is 5.13. The minimum Gasteiger partial charge on any atom is -0.323 e. The summed E-state index contributed by atoms with van der Waals surface area (Å²) >= 11 is 0. The van der Waals surface area contributed by atoms with Crippen molar-refractivity contribution in [1.82, 2.24) is 0 Å². The first-order chi connectivity index (χ1) is 6.02. The summed E-state index contributed by atoms with van der Waals surface area (Å²) in [6.07, 6.45) is 6.52. The fraction of sp³-hybridized carbons (Fsp3) is 0.818. The molecule has 0 saturated heterocycles. The molecule has 0 fully saturated rings. The van der Waals surface area contributed by atoms with Crippen molar-refractivity contribution in [3.63, 3.8) is 0 Å². The molecule has 1 atom stereocenters. The van der Waals surface area contributed by atoms with Gasteiger partial charge in [0.05, 0.1) is 0 Å². The molecule has 13 heavy (non-hydrogen) atoms. The average Bonchev–Trinajstić information content (AvgIpc) is 2.28. The maximum atomic E-state index is 13.8. The maximum absolute atomic E-state index is 13.8. The highest BCUT2D eigenvalue weighted by atomic mass is 19.1. The number of alkyl halides is 1. The van der Waals surface area contributed by atoms with Crippen molar-refractivity contribution < 1.29 is 4.39 Å². The lowest BCUT2D eigenvalue weighted by atomic mass is 9.91. The third kappa shape index (κ3) is 3.11. The zero-order valence-electron chi connectivity index (χ0n) is 8.65. The predicted molar refractivity (Wildman–Crippen MR) is 54.3 cm³/mol. The van der Waals surface area contributed by atoms with E-state index >= 15 is 0 Å². The van der Waals surface area contributed by atoms with Crippen LogP contribution in [0.15, 0.2) is 11.6 Å². The number of halogens is 1. The van der Waals surface area contributed by atoms with Gasteiger partial charge in [0.2, 0.25) is 0 Å². The summed E-state index contributed by atoms with van der Waals surface area (Å²) in [5.41, 5.74) is 5.94. The third-order valence-electron chi connectivity index (χ3n) is 2.55. The Labute approximate surface area is 80.2 Å². The van der Waals surface area contributed by atoms with Gasteiger partial charge >= 0.3 is 0 Å². The topological polar surface area (TPSA) is 26.0 Å². The van der Waals surface area contributed by atoms with Crippen molar-refractivity contribution in [2.75, 3.05) is 0 Å². The van der Waals surface area contributed by atoms with E-state index in [1.807, 2.05) is 6.08 Å². The van der Waals surface area contributed by atoms with Crippen molar-refractivity contribution in [2.24, 2.45) is 5.73 Å². The highest BCUT2D eigenvalue weighted by molar-refractivity contribution is 5.14. The van der Waals surface area contributed by atoms with Crippen LogP contribution in [0.1, 0.15) is 46.0 Å². The van der Waals surface area contributed by atoms with Gasteiger partial charge in [-0.25, -0.2) is 4.39 Å². The van der Waals surface area contributed by atoms with E-state index in [2.05, 4.69) is 0 Å². The first kappa shape index (κ1) is 10.7. The van der Waals surface area contributed by atoms with E-state index in [0.717, 1.165) is 24.8 Å². The van der Waals surface area contributed by atoms with Gasteiger partial charge in [0.15, 0.2) is 0 Å². The molecule has 0 aromatic heterocycles. The molecule has 0 heterocycles. The van der Waals surface area contributed by atoms with Crippen LogP contribution >= 0.6 is 0 Å². The largest absolute Gasteiger partial charge is 0.323 e. The van der Waals surface area contributed by atoms with Crippen LogP contribution in [0.4, 0.5) is 4.39 Å². The van der Waals surface area contributed by atoms with E-state index in [1.54, 1.807) is 13.8 Å². The van der Waals surface area contributed by atoms with Crippen LogP contribution in [0.2, 0.25) is 0 Å². The smallest absolute Gasteiger partial charge is 0.138 e. The van der Waals surface area contributed by atoms with Gasteiger partial charge in [0, 0.05) is 5.54 Å². The molecule has 2 heteroatoms. The number of rotatable bonds is 2. The molecular formula is C11H20FN. The van der Waals surface area contributed by atoms with Crippen LogP contribution in [0.25, 0.3) is 0 Å². The molecule has 1 aliphatic rings. The van der Waals surface area contributed by atoms with Crippen molar-refractivity contribution >= 4 is 0 Å². The van der Waals surface area contributed by atoms with Gasteiger partial charge < -0.3 is 5.73 Å². The monoisotopic (exact) mass is 185 g/mol. The Morgan fingerprint density at radius 1 is 1.38 bits per heavy atom. The Morgan fingerprint density at radius 2 is 2.08 bits per heavy atom. The number of hydrogen-bond acceptors (Lipinski definition) is 1. The molecule has 0 saturated carbocycles. The lowest BCUT2D eigenvalue weighted by molar-refractivity contribution is 0.252. The first-order valence-corrected chi connectivity index (χ1v) is 5.13. The number of nitrogens with two attached hydrogens (primary N) is 1. The number of hydrogen-bond donors (Lipinski definition) is 1. The zero-order chi connectivity index (χ0) is 9.90. The summed E-state index contributed by atoms with van der Waals surface area (Å²) in [5.74, 6) is 0. The summed E-state index contributed by atoms with van der Waals surface area (Å²) in [5, 5.41) is 0. The third-order valence-corrected chi connectivity index (χ3v) is 2.55. The van der Waals surface area contributed by atoms with Crippen LogP contribution in [-0.2, 0) is 0 Å². The van der Waals surface area contributed by atoms with Crippen molar-refractivity contribution in [3.8, 4) is 0 Å². The molecule has 0 spiro atoms. The van der Waals surface area contributed by atoms with Crippen LogP contribution in [0.5, 0.6) is 0 Å². The molecule has 0 bridgehead atoms. The highest BCUT2D eigenvalue weighted by Gasteiger charge is 2.28. The fourth-order valence-corrected chi connectivity index (χ4v) is 1.75. The summed E-state index contributed by atoms with van der Waals surface area (Å²) in [4.78, 5) is 0. The van der Waals surface area contributed by atoms with Crippen molar-refractivity contribution in [3.05, 3.63) is 11.6 Å². The van der Waals surface area contributed by atoms with Crippen molar-refractivity contribution in [1.29, 1.82) is 0 Å².